The van der Waals surface area contributed by atoms with Gasteiger partial charge in [-0.05, 0) is 86.8 Å². The Kier molecular flexibility index (Phi) is 11.3. The Balaban J connectivity index is 1.31. The van der Waals surface area contributed by atoms with Crippen LogP contribution in [0.5, 0.6) is 0 Å². The maximum atomic E-state index is 13.0. The number of aryl methyl sites for hydroxylation is 1. The van der Waals surface area contributed by atoms with Crippen LogP contribution in [0.4, 0.5) is 0 Å². The summed E-state index contributed by atoms with van der Waals surface area (Å²) in [4.78, 5) is 25.5. The molecule has 0 N–H and O–H groups in total. The molecule has 5 heteroatoms. The van der Waals surface area contributed by atoms with E-state index in [4.69, 9.17) is 13.9 Å². The number of furan rings is 1. The average Bonchev–Trinajstić information content (AvgIpc) is 3.53. The van der Waals surface area contributed by atoms with Crippen LogP contribution >= 0.6 is 0 Å². The van der Waals surface area contributed by atoms with E-state index in [1.807, 2.05) is 43.3 Å². The fourth-order valence-electron chi connectivity index (χ4n) is 5.78. The molecule has 43 heavy (non-hydrogen) atoms. The zero-order chi connectivity index (χ0) is 30.9. The maximum Gasteiger partial charge on any atom is 0.334 e. The number of esters is 2. The molecule has 1 aliphatic rings. The van der Waals surface area contributed by atoms with Gasteiger partial charge in [-0.3, -0.25) is 4.79 Å². The van der Waals surface area contributed by atoms with E-state index in [2.05, 4.69) is 64.7 Å². The lowest BCUT2D eigenvalue weighted by Crippen LogP contribution is -2.24. The molecule has 5 nitrogen and oxygen atoms in total. The zero-order valence-corrected chi connectivity index (χ0v) is 26.6. The van der Waals surface area contributed by atoms with Crippen molar-refractivity contribution in [2.45, 2.75) is 86.2 Å². The van der Waals surface area contributed by atoms with Gasteiger partial charge < -0.3 is 13.9 Å². The summed E-state index contributed by atoms with van der Waals surface area (Å²) in [6, 6.07) is 16.0. The summed E-state index contributed by atoms with van der Waals surface area (Å²) in [5.74, 6) is 8.04. The molecule has 2 unspecified atom stereocenters. The third-order valence-corrected chi connectivity index (χ3v) is 7.95. The van der Waals surface area contributed by atoms with Gasteiger partial charge in [0.25, 0.3) is 0 Å². The van der Waals surface area contributed by atoms with Gasteiger partial charge in [0.15, 0.2) is 0 Å². The van der Waals surface area contributed by atoms with Crippen molar-refractivity contribution in [3.63, 3.8) is 0 Å². The van der Waals surface area contributed by atoms with Crippen molar-refractivity contribution >= 4 is 22.9 Å². The Morgan fingerprint density at radius 1 is 1.00 bits per heavy atom. The number of carbonyl (C=O) groups is 2. The highest BCUT2D eigenvalue weighted by atomic mass is 16.6. The van der Waals surface area contributed by atoms with E-state index in [9.17, 15) is 9.59 Å². The fraction of sp³-hybridized carbons (Fsp3) is 0.474. The molecule has 0 saturated carbocycles. The average molecular weight is 583 g/mol. The Morgan fingerprint density at radius 3 is 2.35 bits per heavy atom. The minimum absolute atomic E-state index is 0.0724. The van der Waals surface area contributed by atoms with Gasteiger partial charge in [0.1, 0.15) is 24.1 Å². The molecule has 2 atom stereocenters. The fourth-order valence-corrected chi connectivity index (χ4v) is 5.78. The summed E-state index contributed by atoms with van der Waals surface area (Å²) in [6.07, 6.45) is 6.33. The lowest BCUT2D eigenvalue weighted by molar-refractivity contribution is -0.155. The number of hydrogen-bond donors (Lipinski definition) is 0. The molecule has 4 rings (SSSR count). The molecule has 3 aromatic rings. The molecule has 2 aromatic carbocycles. The third kappa shape index (κ3) is 9.61. The number of ether oxygens (including phenoxy) is 2. The number of hydrogen-bond acceptors (Lipinski definition) is 5. The monoisotopic (exact) mass is 582 g/mol. The molecule has 0 spiro atoms. The molecule has 0 radical (unpaired) electrons. The minimum atomic E-state index is -0.431. The van der Waals surface area contributed by atoms with Crippen LogP contribution in [-0.2, 0) is 25.5 Å². The van der Waals surface area contributed by atoms with Gasteiger partial charge in [0.05, 0.1) is 5.92 Å². The molecule has 228 valence electrons. The van der Waals surface area contributed by atoms with E-state index >= 15 is 0 Å². The zero-order valence-electron chi connectivity index (χ0n) is 26.6. The van der Waals surface area contributed by atoms with Crippen molar-refractivity contribution in [1.82, 2.24) is 0 Å². The standard InChI is InChI=1S/C38H46O5/c1-7-31(21-34-23-33-20-29(15-17-36(33)42-34)13-12-28-10-8-27(6)9-11-28)37(39)41-24-35-22-32(38(40)43-35)16-14-30(18-25(2)3)19-26(4)5/h8-11,15-17,20,23,25-26,30-31,35H,7,14,18-19,21-22,24H2,1-6H3/b32-16+. The van der Waals surface area contributed by atoms with E-state index in [1.54, 1.807) is 0 Å². The SMILES string of the molecule is CCC(Cc1cc2cc(C#Cc3ccc(C)cc3)ccc2o1)C(=O)OCC1C/C(=C\CC(CC(C)C)CC(C)C)C(=O)O1. The van der Waals surface area contributed by atoms with Gasteiger partial charge in [-0.25, -0.2) is 4.79 Å². The first-order chi connectivity index (χ1) is 20.6. The largest absolute Gasteiger partial charge is 0.462 e. The molecule has 2 heterocycles. The smallest absolute Gasteiger partial charge is 0.334 e. The van der Waals surface area contributed by atoms with Gasteiger partial charge in [0.2, 0.25) is 0 Å². The predicted octanol–water partition coefficient (Wildman–Crippen LogP) is 8.59. The Morgan fingerprint density at radius 2 is 1.67 bits per heavy atom. The highest BCUT2D eigenvalue weighted by molar-refractivity contribution is 5.90. The van der Waals surface area contributed by atoms with Crippen LogP contribution in [0.3, 0.4) is 0 Å². The summed E-state index contributed by atoms with van der Waals surface area (Å²) >= 11 is 0. The topological polar surface area (TPSA) is 65.7 Å². The summed E-state index contributed by atoms with van der Waals surface area (Å²) in [5.41, 5.74) is 4.55. The molecule has 1 aromatic heterocycles. The minimum Gasteiger partial charge on any atom is -0.462 e. The summed E-state index contributed by atoms with van der Waals surface area (Å²) in [6.45, 7) is 13.1. The Hall–Kier alpha value is -3.78. The van der Waals surface area contributed by atoms with Crippen LogP contribution in [0.1, 0.15) is 89.2 Å². The number of benzene rings is 2. The first kappa shape index (κ1) is 32.1. The van der Waals surface area contributed by atoms with Crippen LogP contribution in [-0.4, -0.2) is 24.6 Å². The van der Waals surface area contributed by atoms with E-state index in [-0.39, 0.29) is 24.5 Å². The second-order valence-corrected chi connectivity index (χ2v) is 12.8. The van der Waals surface area contributed by atoms with Crippen LogP contribution in [0.2, 0.25) is 0 Å². The van der Waals surface area contributed by atoms with Gasteiger partial charge in [-0.2, -0.15) is 0 Å². The molecular formula is C38H46O5. The number of carbonyl (C=O) groups excluding carboxylic acids is 2. The number of rotatable bonds is 12. The highest BCUT2D eigenvalue weighted by Gasteiger charge is 2.31. The van der Waals surface area contributed by atoms with Crippen molar-refractivity contribution in [1.29, 1.82) is 0 Å². The maximum absolute atomic E-state index is 13.0. The van der Waals surface area contributed by atoms with E-state index < -0.39 is 6.10 Å². The predicted molar refractivity (Wildman–Crippen MR) is 171 cm³/mol. The van der Waals surface area contributed by atoms with Crippen molar-refractivity contribution in [3.05, 3.63) is 82.6 Å². The van der Waals surface area contributed by atoms with E-state index in [0.717, 1.165) is 47.1 Å². The molecular weight excluding hydrogens is 536 g/mol. The number of cyclic esters (lactones) is 1. The lowest BCUT2D eigenvalue weighted by Gasteiger charge is -2.19. The summed E-state index contributed by atoms with van der Waals surface area (Å²) in [5, 5.41) is 0.954. The van der Waals surface area contributed by atoms with Crippen LogP contribution in [0.15, 0.2) is 64.6 Å². The number of allylic oxidation sites excluding steroid dienone is 1. The van der Waals surface area contributed by atoms with E-state index in [1.165, 1.54) is 5.56 Å². The summed E-state index contributed by atoms with van der Waals surface area (Å²) < 4.78 is 17.2. The molecule has 0 amide bonds. The second kappa shape index (κ2) is 15.1. The van der Waals surface area contributed by atoms with Crippen molar-refractivity contribution in [3.8, 4) is 11.8 Å². The Labute approximate surface area is 257 Å². The van der Waals surface area contributed by atoms with Crippen molar-refractivity contribution in [2.24, 2.45) is 23.7 Å². The van der Waals surface area contributed by atoms with Gasteiger partial charge >= 0.3 is 11.9 Å². The van der Waals surface area contributed by atoms with Gasteiger partial charge in [-0.15, -0.1) is 0 Å². The quantitative estimate of drug-likeness (QED) is 0.122. The normalized spacial score (nSPS) is 16.6. The lowest BCUT2D eigenvalue weighted by atomic mass is 9.86. The van der Waals surface area contributed by atoms with Gasteiger partial charge in [0, 0.05) is 34.9 Å². The highest BCUT2D eigenvalue weighted by Crippen LogP contribution is 2.28. The number of fused-ring (bicyclic) bond motifs is 1. The second-order valence-electron chi connectivity index (χ2n) is 12.8. The molecule has 0 bridgehead atoms. The Bertz CT molecular complexity index is 1470. The van der Waals surface area contributed by atoms with Gasteiger partial charge in [-0.1, -0.05) is 70.2 Å². The molecule has 0 aliphatic carbocycles. The van der Waals surface area contributed by atoms with Crippen LogP contribution in [0.25, 0.3) is 11.0 Å². The summed E-state index contributed by atoms with van der Waals surface area (Å²) in [7, 11) is 0. The van der Waals surface area contributed by atoms with Crippen LogP contribution < -0.4 is 0 Å². The van der Waals surface area contributed by atoms with Crippen LogP contribution in [0, 0.1) is 42.4 Å². The molecule has 1 saturated heterocycles. The first-order valence-electron chi connectivity index (χ1n) is 15.8. The third-order valence-electron chi connectivity index (χ3n) is 7.95. The molecule has 1 aliphatic heterocycles. The van der Waals surface area contributed by atoms with Crippen molar-refractivity contribution < 1.29 is 23.5 Å². The first-order valence-corrected chi connectivity index (χ1v) is 15.8. The van der Waals surface area contributed by atoms with Crippen molar-refractivity contribution in [2.75, 3.05) is 6.61 Å². The van der Waals surface area contributed by atoms with E-state index in [0.29, 0.717) is 42.6 Å². The molecule has 1 fully saturated rings.